The molecule has 0 bridgehead atoms. The standard InChI is InChI=1S/C20H22N2O6/c1-3-26-18(23)13-28-17-7-5-6-16(12-17)21-19(24)14-8-10-15(11-9-14)22-20(25)27-4-2/h5-12H,3-4,13H2,1-2H3,(H,21,24)(H,22,25). The molecule has 2 amide bonds. The first-order valence-electron chi connectivity index (χ1n) is 8.75. The lowest BCUT2D eigenvalue weighted by atomic mass is 10.2. The van der Waals surface area contributed by atoms with E-state index in [2.05, 4.69) is 10.6 Å². The molecule has 0 saturated heterocycles. The Kier molecular flexibility index (Phi) is 7.83. The quantitative estimate of drug-likeness (QED) is 0.674. The van der Waals surface area contributed by atoms with Gasteiger partial charge in [-0.1, -0.05) is 6.07 Å². The molecule has 2 rings (SSSR count). The van der Waals surface area contributed by atoms with Crippen LogP contribution in [0.15, 0.2) is 48.5 Å². The smallest absolute Gasteiger partial charge is 0.411 e. The minimum atomic E-state index is -0.556. The SMILES string of the molecule is CCOC(=O)COc1cccc(NC(=O)c2ccc(NC(=O)OCC)cc2)c1. The number of anilines is 2. The van der Waals surface area contributed by atoms with Crippen LogP contribution in [0, 0.1) is 0 Å². The Bertz CT molecular complexity index is 820. The van der Waals surface area contributed by atoms with Gasteiger partial charge in [0.25, 0.3) is 5.91 Å². The van der Waals surface area contributed by atoms with Crippen LogP contribution in [0.25, 0.3) is 0 Å². The van der Waals surface area contributed by atoms with Gasteiger partial charge in [-0.15, -0.1) is 0 Å². The van der Waals surface area contributed by atoms with E-state index in [-0.39, 0.29) is 25.7 Å². The zero-order chi connectivity index (χ0) is 20.4. The molecule has 2 N–H and O–H groups in total. The van der Waals surface area contributed by atoms with E-state index in [0.717, 1.165) is 0 Å². The zero-order valence-corrected chi connectivity index (χ0v) is 15.7. The van der Waals surface area contributed by atoms with Crippen LogP contribution in [0.3, 0.4) is 0 Å². The molecule has 0 aliphatic heterocycles. The van der Waals surface area contributed by atoms with Crippen molar-refractivity contribution in [2.75, 3.05) is 30.5 Å². The van der Waals surface area contributed by atoms with Gasteiger partial charge < -0.3 is 19.5 Å². The van der Waals surface area contributed by atoms with E-state index >= 15 is 0 Å². The van der Waals surface area contributed by atoms with Crippen LogP contribution < -0.4 is 15.4 Å². The maximum absolute atomic E-state index is 12.4. The number of esters is 1. The van der Waals surface area contributed by atoms with E-state index in [1.165, 1.54) is 0 Å². The minimum absolute atomic E-state index is 0.208. The highest BCUT2D eigenvalue weighted by atomic mass is 16.6. The second-order valence-electron chi connectivity index (χ2n) is 5.50. The molecule has 2 aromatic rings. The topological polar surface area (TPSA) is 103 Å². The number of carbonyl (C=O) groups is 3. The van der Waals surface area contributed by atoms with Crippen molar-refractivity contribution in [1.82, 2.24) is 0 Å². The van der Waals surface area contributed by atoms with Crippen LogP contribution in [-0.2, 0) is 14.3 Å². The third-order valence-corrected chi connectivity index (χ3v) is 3.42. The monoisotopic (exact) mass is 386 g/mol. The van der Waals surface area contributed by atoms with Gasteiger partial charge in [-0.2, -0.15) is 0 Å². The van der Waals surface area contributed by atoms with Crippen molar-refractivity contribution in [3.8, 4) is 5.75 Å². The lowest BCUT2D eigenvalue weighted by Crippen LogP contribution is -2.15. The lowest BCUT2D eigenvalue weighted by Gasteiger charge is -2.10. The van der Waals surface area contributed by atoms with E-state index in [4.69, 9.17) is 14.2 Å². The molecule has 0 aliphatic carbocycles. The van der Waals surface area contributed by atoms with Gasteiger partial charge in [-0.3, -0.25) is 10.1 Å². The van der Waals surface area contributed by atoms with Crippen LogP contribution >= 0.6 is 0 Å². The molecule has 148 valence electrons. The van der Waals surface area contributed by atoms with E-state index < -0.39 is 12.1 Å². The molecule has 28 heavy (non-hydrogen) atoms. The van der Waals surface area contributed by atoms with Gasteiger partial charge in [-0.05, 0) is 50.2 Å². The van der Waals surface area contributed by atoms with Crippen LogP contribution in [0.2, 0.25) is 0 Å². The van der Waals surface area contributed by atoms with Crippen molar-refractivity contribution in [1.29, 1.82) is 0 Å². The molecular weight excluding hydrogens is 364 g/mol. The molecule has 0 heterocycles. The first-order chi connectivity index (χ1) is 13.5. The molecule has 0 saturated carbocycles. The second-order valence-corrected chi connectivity index (χ2v) is 5.50. The van der Waals surface area contributed by atoms with Gasteiger partial charge in [-0.25, -0.2) is 9.59 Å². The number of amides is 2. The van der Waals surface area contributed by atoms with Crippen LogP contribution in [0.5, 0.6) is 5.75 Å². The summed E-state index contributed by atoms with van der Waals surface area (Å²) in [6.07, 6.45) is -0.556. The molecule has 8 heteroatoms. The van der Waals surface area contributed by atoms with Crippen molar-refractivity contribution in [3.05, 3.63) is 54.1 Å². The summed E-state index contributed by atoms with van der Waals surface area (Å²) in [5.41, 5.74) is 1.44. The number of hydrogen-bond donors (Lipinski definition) is 2. The molecule has 0 aromatic heterocycles. The van der Waals surface area contributed by atoms with Crippen LogP contribution in [-0.4, -0.2) is 37.8 Å². The average Bonchev–Trinajstić information content (AvgIpc) is 2.67. The Morgan fingerprint density at radius 2 is 1.57 bits per heavy atom. The highest BCUT2D eigenvalue weighted by Crippen LogP contribution is 2.19. The number of benzene rings is 2. The normalized spacial score (nSPS) is 9.93. The van der Waals surface area contributed by atoms with Crippen molar-refractivity contribution < 1.29 is 28.6 Å². The van der Waals surface area contributed by atoms with Crippen LogP contribution in [0.1, 0.15) is 24.2 Å². The summed E-state index contributed by atoms with van der Waals surface area (Å²) in [6.45, 7) is 3.78. The van der Waals surface area contributed by atoms with Gasteiger partial charge >= 0.3 is 12.1 Å². The number of hydrogen-bond acceptors (Lipinski definition) is 6. The molecule has 0 unspecified atom stereocenters. The third-order valence-electron chi connectivity index (χ3n) is 3.42. The summed E-state index contributed by atoms with van der Waals surface area (Å²) in [5.74, 6) is -0.362. The summed E-state index contributed by atoms with van der Waals surface area (Å²) >= 11 is 0. The van der Waals surface area contributed by atoms with E-state index in [0.29, 0.717) is 22.7 Å². The van der Waals surface area contributed by atoms with E-state index in [9.17, 15) is 14.4 Å². The maximum atomic E-state index is 12.4. The van der Waals surface area contributed by atoms with Crippen molar-refractivity contribution in [2.45, 2.75) is 13.8 Å². The zero-order valence-electron chi connectivity index (χ0n) is 15.7. The van der Waals surface area contributed by atoms with Gasteiger partial charge in [0.2, 0.25) is 0 Å². The summed E-state index contributed by atoms with van der Waals surface area (Å²) < 4.78 is 14.9. The Labute approximate surface area is 162 Å². The number of rotatable bonds is 8. The fourth-order valence-electron chi connectivity index (χ4n) is 2.20. The first-order valence-corrected chi connectivity index (χ1v) is 8.75. The summed E-state index contributed by atoms with van der Waals surface area (Å²) in [4.78, 5) is 35.1. The Hall–Kier alpha value is -3.55. The number of nitrogens with one attached hydrogen (secondary N) is 2. The minimum Gasteiger partial charge on any atom is -0.482 e. The Morgan fingerprint density at radius 1 is 0.857 bits per heavy atom. The van der Waals surface area contributed by atoms with Gasteiger partial charge in [0.05, 0.1) is 13.2 Å². The number of ether oxygens (including phenoxy) is 3. The largest absolute Gasteiger partial charge is 0.482 e. The molecule has 0 radical (unpaired) electrons. The lowest BCUT2D eigenvalue weighted by molar-refractivity contribution is -0.145. The third kappa shape index (κ3) is 6.64. The highest BCUT2D eigenvalue weighted by molar-refractivity contribution is 6.04. The molecule has 0 fully saturated rings. The predicted octanol–water partition coefficient (Wildman–Crippen LogP) is 3.45. The highest BCUT2D eigenvalue weighted by Gasteiger charge is 2.09. The average molecular weight is 386 g/mol. The van der Waals surface area contributed by atoms with Crippen molar-refractivity contribution in [3.63, 3.8) is 0 Å². The summed E-state index contributed by atoms with van der Waals surface area (Å²) in [5, 5.41) is 5.30. The van der Waals surface area contributed by atoms with E-state index in [1.807, 2.05) is 0 Å². The summed E-state index contributed by atoms with van der Waals surface area (Å²) in [6, 6.07) is 13.0. The Balaban J connectivity index is 1.94. The fraction of sp³-hybridized carbons (Fsp3) is 0.250. The molecule has 0 atom stereocenters. The maximum Gasteiger partial charge on any atom is 0.411 e. The molecule has 0 spiro atoms. The number of carbonyl (C=O) groups excluding carboxylic acids is 3. The van der Waals surface area contributed by atoms with Gasteiger partial charge in [0.1, 0.15) is 5.75 Å². The predicted molar refractivity (Wildman–Crippen MR) is 104 cm³/mol. The van der Waals surface area contributed by atoms with Crippen molar-refractivity contribution >= 4 is 29.3 Å². The summed E-state index contributed by atoms with van der Waals surface area (Å²) in [7, 11) is 0. The van der Waals surface area contributed by atoms with Crippen molar-refractivity contribution in [2.24, 2.45) is 0 Å². The molecule has 2 aromatic carbocycles. The molecule has 8 nitrogen and oxygen atoms in total. The second kappa shape index (κ2) is 10.6. The van der Waals surface area contributed by atoms with Gasteiger partial charge in [0.15, 0.2) is 6.61 Å². The fourth-order valence-corrected chi connectivity index (χ4v) is 2.20. The first kappa shape index (κ1) is 20.8. The van der Waals surface area contributed by atoms with Crippen LogP contribution in [0.4, 0.5) is 16.2 Å². The van der Waals surface area contributed by atoms with Gasteiger partial charge in [0, 0.05) is 23.0 Å². The molecule has 0 aliphatic rings. The Morgan fingerprint density at radius 3 is 2.25 bits per heavy atom. The van der Waals surface area contributed by atoms with E-state index in [1.54, 1.807) is 62.4 Å². The molecular formula is C20H22N2O6.